The van der Waals surface area contributed by atoms with E-state index in [4.69, 9.17) is 9.47 Å². The van der Waals surface area contributed by atoms with Crippen LogP contribution in [0.15, 0.2) is 0 Å². The van der Waals surface area contributed by atoms with Gasteiger partial charge in [0.05, 0.1) is 17.4 Å². The molecule has 1 saturated carbocycles. The summed E-state index contributed by atoms with van der Waals surface area (Å²) < 4.78 is 38.3. The molecule has 0 aromatic heterocycles. The highest BCUT2D eigenvalue weighted by molar-refractivity contribution is 7.89. The highest BCUT2D eigenvalue weighted by Gasteiger charge is 2.57. The highest BCUT2D eigenvalue weighted by atomic mass is 32.2. The molecule has 1 spiro atoms. The Morgan fingerprint density at radius 3 is 2.42 bits per heavy atom. The molecule has 0 aromatic rings. The molecule has 4 rings (SSSR count). The summed E-state index contributed by atoms with van der Waals surface area (Å²) >= 11 is 0. The lowest BCUT2D eigenvalue weighted by Gasteiger charge is -2.63. The van der Waals surface area contributed by atoms with Crippen LogP contribution in [-0.4, -0.2) is 80.5 Å². The van der Waals surface area contributed by atoms with E-state index in [-0.39, 0.29) is 11.3 Å². The van der Waals surface area contributed by atoms with Gasteiger partial charge < -0.3 is 9.47 Å². The first kappa shape index (κ1) is 19.1. The number of nitrogens with zero attached hydrogens (tertiary/aromatic N) is 2. The van der Waals surface area contributed by atoms with Crippen molar-refractivity contribution < 1.29 is 17.9 Å². The largest absolute Gasteiger partial charge is 0.381 e. The molecule has 3 aliphatic heterocycles. The fourth-order valence-electron chi connectivity index (χ4n) is 5.01. The molecule has 150 valence electrons. The van der Waals surface area contributed by atoms with Crippen molar-refractivity contribution >= 4 is 10.0 Å². The molecule has 6 nitrogen and oxygen atoms in total. The Morgan fingerprint density at radius 1 is 1.12 bits per heavy atom. The zero-order valence-corrected chi connectivity index (χ0v) is 16.9. The van der Waals surface area contributed by atoms with E-state index in [0.29, 0.717) is 31.7 Å². The van der Waals surface area contributed by atoms with Gasteiger partial charge in [-0.1, -0.05) is 6.92 Å². The number of sulfonamides is 1. The van der Waals surface area contributed by atoms with Crippen LogP contribution >= 0.6 is 0 Å². The lowest BCUT2D eigenvalue weighted by Crippen LogP contribution is -2.76. The maximum Gasteiger partial charge on any atom is 0.214 e. The van der Waals surface area contributed by atoms with Crippen LogP contribution in [0, 0.1) is 5.92 Å². The van der Waals surface area contributed by atoms with Gasteiger partial charge in [0.25, 0.3) is 0 Å². The van der Waals surface area contributed by atoms with Crippen molar-refractivity contribution in [3.05, 3.63) is 0 Å². The lowest BCUT2D eigenvalue weighted by molar-refractivity contribution is -0.217. The van der Waals surface area contributed by atoms with Gasteiger partial charge in [0.2, 0.25) is 10.0 Å². The van der Waals surface area contributed by atoms with E-state index >= 15 is 0 Å². The van der Waals surface area contributed by atoms with Crippen LogP contribution in [0.5, 0.6) is 0 Å². The molecular formula is C19H34N2O4S. The first-order chi connectivity index (χ1) is 12.5. The van der Waals surface area contributed by atoms with Crippen molar-refractivity contribution in [3.8, 4) is 0 Å². The summed E-state index contributed by atoms with van der Waals surface area (Å²) in [7, 11) is -3.06. The molecule has 0 radical (unpaired) electrons. The van der Waals surface area contributed by atoms with E-state index in [1.54, 1.807) is 4.31 Å². The van der Waals surface area contributed by atoms with E-state index < -0.39 is 10.0 Å². The Morgan fingerprint density at radius 2 is 1.81 bits per heavy atom. The standard InChI is InChI=1S/C19H34N2O4S/c1-2-13-26(22,23)20-9-5-17(6-10-20)21-14-18(25-15-16-3-4-16)19(21)7-11-24-12-8-19/h16-18H,2-15H2,1H3. The van der Waals surface area contributed by atoms with E-state index in [1.807, 2.05) is 6.92 Å². The SMILES string of the molecule is CCCS(=O)(=O)N1CCC(N2CC(OCC3CC3)C23CCOCC3)CC1. The summed E-state index contributed by atoms with van der Waals surface area (Å²) in [4.78, 5) is 2.65. The minimum atomic E-state index is -3.06. The van der Waals surface area contributed by atoms with Gasteiger partial charge in [-0.15, -0.1) is 0 Å². The molecule has 0 amide bonds. The molecule has 1 unspecified atom stereocenters. The van der Waals surface area contributed by atoms with Gasteiger partial charge in [0.1, 0.15) is 0 Å². The molecule has 1 aliphatic carbocycles. The summed E-state index contributed by atoms with van der Waals surface area (Å²) in [5, 5.41) is 0. The Labute approximate surface area is 158 Å². The van der Waals surface area contributed by atoms with E-state index in [1.165, 1.54) is 12.8 Å². The third-order valence-corrected chi connectivity index (χ3v) is 8.92. The predicted molar refractivity (Wildman–Crippen MR) is 101 cm³/mol. The number of likely N-dealkylation sites (tertiary alicyclic amines) is 1. The molecule has 0 aromatic carbocycles. The summed E-state index contributed by atoms with van der Waals surface area (Å²) in [5.41, 5.74) is 0.141. The second kappa shape index (κ2) is 7.66. The second-order valence-corrected chi connectivity index (χ2v) is 10.7. The lowest BCUT2D eigenvalue weighted by atomic mass is 9.73. The first-order valence-corrected chi connectivity index (χ1v) is 12.1. The minimum absolute atomic E-state index is 0.141. The number of hydrogen-bond acceptors (Lipinski definition) is 5. The number of rotatable bonds is 7. The molecule has 26 heavy (non-hydrogen) atoms. The van der Waals surface area contributed by atoms with Crippen molar-refractivity contribution in [2.24, 2.45) is 5.92 Å². The smallest absolute Gasteiger partial charge is 0.214 e. The fraction of sp³-hybridized carbons (Fsp3) is 1.00. The van der Waals surface area contributed by atoms with Gasteiger partial charge in [0.15, 0.2) is 0 Å². The number of hydrogen-bond donors (Lipinski definition) is 0. The molecule has 0 N–H and O–H groups in total. The molecule has 7 heteroatoms. The van der Waals surface area contributed by atoms with Crippen molar-refractivity contribution in [3.63, 3.8) is 0 Å². The zero-order valence-electron chi connectivity index (χ0n) is 16.1. The van der Waals surface area contributed by atoms with Crippen LogP contribution in [0.25, 0.3) is 0 Å². The van der Waals surface area contributed by atoms with Gasteiger partial charge in [-0.3, -0.25) is 4.90 Å². The first-order valence-electron chi connectivity index (χ1n) is 10.5. The third kappa shape index (κ3) is 3.70. The van der Waals surface area contributed by atoms with E-state index in [2.05, 4.69) is 4.90 Å². The van der Waals surface area contributed by atoms with Crippen LogP contribution in [-0.2, 0) is 19.5 Å². The van der Waals surface area contributed by atoms with Gasteiger partial charge in [-0.25, -0.2) is 12.7 Å². The van der Waals surface area contributed by atoms with Gasteiger partial charge in [-0.2, -0.15) is 0 Å². The average molecular weight is 387 g/mol. The second-order valence-electron chi connectivity index (χ2n) is 8.58. The normalized spacial score (nSPS) is 31.2. The van der Waals surface area contributed by atoms with Crippen LogP contribution in [0.1, 0.15) is 51.9 Å². The van der Waals surface area contributed by atoms with Crippen molar-refractivity contribution in [1.82, 2.24) is 9.21 Å². The minimum Gasteiger partial charge on any atom is -0.381 e. The third-order valence-electron chi connectivity index (χ3n) is 6.84. The summed E-state index contributed by atoms with van der Waals surface area (Å²) in [6, 6.07) is 0.488. The summed E-state index contributed by atoms with van der Waals surface area (Å²) in [5.74, 6) is 1.08. The van der Waals surface area contributed by atoms with Crippen LogP contribution in [0.4, 0.5) is 0 Å². The summed E-state index contributed by atoms with van der Waals surface area (Å²) in [6.45, 7) is 6.86. The van der Waals surface area contributed by atoms with Gasteiger partial charge >= 0.3 is 0 Å². The van der Waals surface area contributed by atoms with Gasteiger partial charge in [0, 0.05) is 45.5 Å². The monoisotopic (exact) mass is 386 g/mol. The Kier molecular flexibility index (Phi) is 5.64. The van der Waals surface area contributed by atoms with Crippen LogP contribution in [0.3, 0.4) is 0 Å². The summed E-state index contributed by atoms with van der Waals surface area (Å²) in [6.07, 6.45) is 7.69. The molecule has 4 aliphatic rings. The Balaban J connectivity index is 1.36. The molecule has 0 bridgehead atoms. The van der Waals surface area contributed by atoms with Crippen molar-refractivity contribution in [1.29, 1.82) is 0 Å². The molecular weight excluding hydrogens is 352 g/mol. The fourth-order valence-corrected chi connectivity index (χ4v) is 6.55. The maximum atomic E-state index is 12.3. The predicted octanol–water partition coefficient (Wildman–Crippen LogP) is 1.85. The van der Waals surface area contributed by atoms with Crippen LogP contribution < -0.4 is 0 Å². The quantitative estimate of drug-likeness (QED) is 0.668. The number of ether oxygens (including phenoxy) is 2. The van der Waals surface area contributed by atoms with Gasteiger partial charge in [-0.05, 0) is 50.9 Å². The number of piperidine rings is 1. The molecule has 3 heterocycles. The van der Waals surface area contributed by atoms with E-state index in [0.717, 1.165) is 58.0 Å². The molecule has 3 saturated heterocycles. The Bertz CT molecular complexity index is 578. The highest BCUT2D eigenvalue weighted by Crippen LogP contribution is 2.45. The topological polar surface area (TPSA) is 59.1 Å². The average Bonchev–Trinajstić information content (AvgIpc) is 3.46. The van der Waals surface area contributed by atoms with Crippen molar-refractivity contribution in [2.75, 3.05) is 45.2 Å². The zero-order chi connectivity index (χ0) is 18.2. The Hall–Kier alpha value is -0.210. The molecule has 1 atom stereocenters. The van der Waals surface area contributed by atoms with E-state index in [9.17, 15) is 8.42 Å². The van der Waals surface area contributed by atoms with Crippen LogP contribution in [0.2, 0.25) is 0 Å². The van der Waals surface area contributed by atoms with Crippen molar-refractivity contribution in [2.45, 2.75) is 69.6 Å². The molecule has 4 fully saturated rings. The maximum absolute atomic E-state index is 12.3.